The molecule has 1 fully saturated rings. The molecule has 1 aromatic heterocycles. The molecule has 1 aliphatic heterocycles. The van der Waals surface area contributed by atoms with Gasteiger partial charge in [-0.2, -0.15) is 0 Å². The summed E-state index contributed by atoms with van der Waals surface area (Å²) in [6.07, 6.45) is 6.00. The average molecular weight is 310 g/mol. The van der Waals surface area contributed by atoms with Crippen LogP contribution in [0.25, 0.3) is 0 Å². The number of thiophene rings is 1. The fourth-order valence-corrected chi connectivity index (χ4v) is 3.35. The first-order valence-electron chi connectivity index (χ1n) is 7.91. The van der Waals surface area contributed by atoms with Crippen molar-refractivity contribution < 1.29 is 9.53 Å². The maximum absolute atomic E-state index is 12.5. The molecule has 0 bridgehead atoms. The molecule has 0 aromatic carbocycles. The summed E-state index contributed by atoms with van der Waals surface area (Å²) in [5.41, 5.74) is 5.49. The van der Waals surface area contributed by atoms with Gasteiger partial charge in [0.25, 0.3) is 0 Å². The Labute approximate surface area is 131 Å². The molecule has 1 saturated heterocycles. The van der Waals surface area contributed by atoms with E-state index in [1.54, 1.807) is 11.3 Å². The lowest BCUT2D eigenvalue weighted by atomic mass is 10.1. The van der Waals surface area contributed by atoms with Crippen LogP contribution in [0.5, 0.6) is 0 Å². The predicted octanol–water partition coefficient (Wildman–Crippen LogP) is 2.77. The van der Waals surface area contributed by atoms with Gasteiger partial charge in [-0.25, -0.2) is 0 Å². The van der Waals surface area contributed by atoms with Crippen LogP contribution in [0.3, 0.4) is 0 Å². The molecule has 0 radical (unpaired) electrons. The lowest BCUT2D eigenvalue weighted by Crippen LogP contribution is -2.36. The van der Waals surface area contributed by atoms with Gasteiger partial charge in [0.1, 0.15) is 0 Å². The first-order chi connectivity index (χ1) is 10.3. The molecule has 21 heavy (non-hydrogen) atoms. The molecular formula is C16H26N2O2S. The van der Waals surface area contributed by atoms with Gasteiger partial charge >= 0.3 is 0 Å². The Morgan fingerprint density at radius 2 is 2.33 bits per heavy atom. The van der Waals surface area contributed by atoms with Gasteiger partial charge in [-0.3, -0.25) is 4.79 Å². The average Bonchev–Trinajstić information content (AvgIpc) is 3.16. The number of nitrogens with zero attached hydrogens (tertiary/aromatic N) is 1. The highest BCUT2D eigenvalue weighted by Gasteiger charge is 2.22. The second kappa shape index (κ2) is 9.18. The molecule has 118 valence electrons. The number of amides is 1. The lowest BCUT2D eigenvalue weighted by Gasteiger charge is -2.25. The summed E-state index contributed by atoms with van der Waals surface area (Å²) in [6.45, 7) is 2.99. The zero-order valence-electron chi connectivity index (χ0n) is 12.6. The molecule has 1 amide bonds. The number of carbonyl (C=O) groups excluding carboxylic acids is 1. The number of hydrogen-bond acceptors (Lipinski definition) is 4. The number of nitrogens with two attached hydrogens (primary N) is 1. The third kappa shape index (κ3) is 5.77. The van der Waals surface area contributed by atoms with E-state index in [0.717, 1.165) is 45.3 Å². The molecule has 0 spiro atoms. The topological polar surface area (TPSA) is 55.6 Å². The van der Waals surface area contributed by atoms with Crippen molar-refractivity contribution in [1.82, 2.24) is 4.90 Å². The quantitative estimate of drug-likeness (QED) is 0.714. The molecule has 0 saturated carbocycles. The molecule has 1 aliphatic rings. The van der Waals surface area contributed by atoms with Crippen LogP contribution in [-0.2, 0) is 16.1 Å². The van der Waals surface area contributed by atoms with Gasteiger partial charge in [0.15, 0.2) is 0 Å². The standard InChI is InChI=1S/C16H26N2O2S/c17-9-3-1-2-8-16(19)18(12-14-6-4-10-20-14)13-15-7-5-11-21-15/h5,7,11,14H,1-4,6,8-10,12-13,17H2. The molecule has 2 N–H and O–H groups in total. The minimum atomic E-state index is 0.220. The normalized spacial score (nSPS) is 18.0. The van der Waals surface area contributed by atoms with Crippen molar-refractivity contribution in [1.29, 1.82) is 0 Å². The molecule has 1 atom stereocenters. The molecule has 4 nitrogen and oxygen atoms in total. The van der Waals surface area contributed by atoms with E-state index in [2.05, 4.69) is 11.4 Å². The zero-order valence-corrected chi connectivity index (χ0v) is 13.4. The van der Waals surface area contributed by atoms with Crippen molar-refractivity contribution >= 4 is 17.2 Å². The SMILES string of the molecule is NCCCCCC(=O)N(Cc1cccs1)CC1CCCO1. The van der Waals surface area contributed by atoms with Gasteiger partial charge < -0.3 is 15.4 Å². The van der Waals surface area contributed by atoms with E-state index in [1.165, 1.54) is 4.88 Å². The first-order valence-corrected chi connectivity index (χ1v) is 8.79. The van der Waals surface area contributed by atoms with Gasteiger partial charge in [-0.15, -0.1) is 11.3 Å². The Bertz CT molecular complexity index is 402. The smallest absolute Gasteiger partial charge is 0.222 e. The molecular weight excluding hydrogens is 284 g/mol. The molecule has 2 rings (SSSR count). The largest absolute Gasteiger partial charge is 0.376 e. The number of ether oxygens (including phenoxy) is 1. The Morgan fingerprint density at radius 3 is 3.00 bits per heavy atom. The van der Waals surface area contributed by atoms with Gasteiger partial charge in [0.05, 0.1) is 12.6 Å². The van der Waals surface area contributed by atoms with Crippen LogP contribution in [0.1, 0.15) is 43.4 Å². The van der Waals surface area contributed by atoms with Gasteiger partial charge in [0, 0.05) is 24.4 Å². The summed E-state index contributed by atoms with van der Waals surface area (Å²) < 4.78 is 5.69. The summed E-state index contributed by atoms with van der Waals surface area (Å²) in [6, 6.07) is 4.13. The second-order valence-corrected chi connectivity index (χ2v) is 6.62. The number of unbranched alkanes of at least 4 members (excludes halogenated alkanes) is 2. The van der Waals surface area contributed by atoms with Crippen molar-refractivity contribution in [3.05, 3.63) is 22.4 Å². The lowest BCUT2D eigenvalue weighted by molar-refractivity contribution is -0.133. The minimum Gasteiger partial charge on any atom is -0.376 e. The van der Waals surface area contributed by atoms with Crippen LogP contribution in [-0.4, -0.2) is 36.6 Å². The van der Waals surface area contributed by atoms with E-state index >= 15 is 0 Å². The molecule has 1 aromatic rings. The Hall–Kier alpha value is -0.910. The van der Waals surface area contributed by atoms with Crippen LogP contribution < -0.4 is 5.73 Å². The highest BCUT2D eigenvalue weighted by molar-refractivity contribution is 7.09. The van der Waals surface area contributed by atoms with Crippen LogP contribution in [0.2, 0.25) is 0 Å². The molecule has 5 heteroatoms. The van der Waals surface area contributed by atoms with Gasteiger partial charge in [-0.05, 0) is 43.7 Å². The Balaban J connectivity index is 1.85. The van der Waals surface area contributed by atoms with Crippen LogP contribution >= 0.6 is 11.3 Å². The van der Waals surface area contributed by atoms with Crippen LogP contribution in [0.4, 0.5) is 0 Å². The van der Waals surface area contributed by atoms with E-state index in [1.807, 2.05) is 11.0 Å². The van der Waals surface area contributed by atoms with Crippen molar-refractivity contribution in [3.63, 3.8) is 0 Å². The van der Waals surface area contributed by atoms with E-state index in [0.29, 0.717) is 19.5 Å². The molecule has 0 aliphatic carbocycles. The minimum absolute atomic E-state index is 0.220. The zero-order chi connectivity index (χ0) is 14.9. The van der Waals surface area contributed by atoms with E-state index in [-0.39, 0.29) is 12.0 Å². The van der Waals surface area contributed by atoms with Gasteiger partial charge in [0.2, 0.25) is 5.91 Å². The van der Waals surface area contributed by atoms with E-state index in [9.17, 15) is 4.79 Å². The maximum atomic E-state index is 12.5. The highest BCUT2D eigenvalue weighted by Crippen LogP contribution is 2.18. The van der Waals surface area contributed by atoms with Crippen molar-refractivity contribution in [2.75, 3.05) is 19.7 Å². The van der Waals surface area contributed by atoms with Gasteiger partial charge in [-0.1, -0.05) is 12.5 Å². The number of hydrogen-bond donors (Lipinski definition) is 1. The third-order valence-corrected chi connectivity index (χ3v) is 4.68. The Kier molecular flexibility index (Phi) is 7.19. The summed E-state index contributed by atoms with van der Waals surface area (Å²) in [5.74, 6) is 0.246. The molecule has 2 heterocycles. The maximum Gasteiger partial charge on any atom is 0.222 e. The summed E-state index contributed by atoms with van der Waals surface area (Å²) >= 11 is 1.71. The van der Waals surface area contributed by atoms with Crippen LogP contribution in [0.15, 0.2) is 17.5 Å². The second-order valence-electron chi connectivity index (χ2n) is 5.59. The monoisotopic (exact) mass is 310 g/mol. The van der Waals surface area contributed by atoms with E-state index < -0.39 is 0 Å². The fraction of sp³-hybridized carbons (Fsp3) is 0.688. The number of rotatable bonds is 9. The highest BCUT2D eigenvalue weighted by atomic mass is 32.1. The Morgan fingerprint density at radius 1 is 1.43 bits per heavy atom. The van der Waals surface area contributed by atoms with Crippen molar-refractivity contribution in [3.8, 4) is 0 Å². The summed E-state index contributed by atoms with van der Waals surface area (Å²) in [5, 5.41) is 2.06. The summed E-state index contributed by atoms with van der Waals surface area (Å²) in [4.78, 5) is 15.7. The van der Waals surface area contributed by atoms with E-state index in [4.69, 9.17) is 10.5 Å². The number of carbonyl (C=O) groups is 1. The predicted molar refractivity (Wildman–Crippen MR) is 86.2 cm³/mol. The molecule has 1 unspecified atom stereocenters. The fourth-order valence-electron chi connectivity index (χ4n) is 2.63. The van der Waals surface area contributed by atoms with Crippen molar-refractivity contribution in [2.24, 2.45) is 5.73 Å². The van der Waals surface area contributed by atoms with Crippen molar-refractivity contribution in [2.45, 2.75) is 51.2 Å². The summed E-state index contributed by atoms with van der Waals surface area (Å²) in [7, 11) is 0. The first kappa shape index (κ1) is 16.5. The van der Waals surface area contributed by atoms with Crippen LogP contribution in [0, 0.1) is 0 Å². The third-order valence-electron chi connectivity index (χ3n) is 3.82.